The number of phenolic OH excluding ortho intramolecular Hbond substituents is 1. The van der Waals surface area contributed by atoms with Gasteiger partial charge in [-0.2, -0.15) is 0 Å². The number of benzene rings is 2. The highest BCUT2D eigenvalue weighted by atomic mass is 32.2. The minimum Gasteiger partial charge on any atom is -0.508 e. The van der Waals surface area contributed by atoms with Crippen LogP contribution in [0.2, 0.25) is 0 Å². The molecule has 0 aliphatic carbocycles. The Bertz CT molecular complexity index is 1090. The molecule has 1 heterocycles. The predicted molar refractivity (Wildman–Crippen MR) is 139 cm³/mol. The van der Waals surface area contributed by atoms with E-state index in [1.807, 2.05) is 32.3 Å². The third kappa shape index (κ3) is 7.26. The molecule has 7 nitrogen and oxygen atoms in total. The molecule has 0 saturated carbocycles. The molecule has 180 valence electrons. The van der Waals surface area contributed by atoms with E-state index in [9.17, 15) is 9.90 Å². The summed E-state index contributed by atoms with van der Waals surface area (Å²) in [6.07, 6.45) is 2.15. The van der Waals surface area contributed by atoms with E-state index in [1.165, 1.54) is 29.5 Å². The van der Waals surface area contributed by atoms with Crippen molar-refractivity contribution in [2.45, 2.75) is 16.7 Å². The first-order valence-electron chi connectivity index (χ1n) is 10.7. The molecule has 9 heteroatoms. The van der Waals surface area contributed by atoms with Crippen molar-refractivity contribution in [2.24, 2.45) is 5.73 Å². The van der Waals surface area contributed by atoms with Gasteiger partial charge < -0.3 is 15.6 Å². The highest BCUT2D eigenvalue weighted by Crippen LogP contribution is 2.32. The Kier molecular flexibility index (Phi) is 9.41. The lowest BCUT2D eigenvalue weighted by Crippen LogP contribution is -2.47. The van der Waals surface area contributed by atoms with Crippen LogP contribution in [-0.4, -0.2) is 54.9 Å². The van der Waals surface area contributed by atoms with E-state index in [1.54, 1.807) is 51.8 Å². The second kappa shape index (κ2) is 12.5. The summed E-state index contributed by atoms with van der Waals surface area (Å²) in [5.41, 5.74) is 8.96. The number of nitrogens with zero attached hydrogens (tertiary/aromatic N) is 2. The summed E-state index contributed by atoms with van der Waals surface area (Å²) >= 11 is 3.24. The van der Waals surface area contributed by atoms with Gasteiger partial charge in [0.05, 0.1) is 11.3 Å². The van der Waals surface area contributed by atoms with Crippen molar-refractivity contribution in [2.75, 3.05) is 27.7 Å². The number of hydrogen-bond acceptors (Lipinski definition) is 9. The Morgan fingerprint density at radius 2 is 1.85 bits per heavy atom. The van der Waals surface area contributed by atoms with Crippen LogP contribution >= 0.6 is 23.3 Å². The standard InChI is InChI=1S/C25H30N4O3S2/c1-28(2)29(22(25(31)32-3)15-18-9-11-21(30)12-10-18)17-20(26)16-27-34-24-14-13-23(33-24)19-7-5-4-6-8-19/h4-14,17,22,27,30H,15-16,26H2,1-3H3/b20-17-/t22-/m1/s1. The van der Waals surface area contributed by atoms with E-state index in [2.05, 4.69) is 29.0 Å². The fraction of sp³-hybridized carbons (Fsp3) is 0.240. The maximum Gasteiger partial charge on any atom is 0.330 e. The molecule has 0 amide bonds. The summed E-state index contributed by atoms with van der Waals surface area (Å²) in [4.78, 5) is 13.8. The molecule has 2 aromatic carbocycles. The number of methoxy groups -OCH3 is 1. The zero-order chi connectivity index (χ0) is 24.5. The maximum atomic E-state index is 12.6. The van der Waals surface area contributed by atoms with E-state index < -0.39 is 6.04 Å². The van der Waals surface area contributed by atoms with Gasteiger partial charge in [-0.15, -0.1) is 11.3 Å². The SMILES string of the molecule is COC(=O)[C@@H](Cc1ccc(O)cc1)N(/C=C(\N)CNSc1ccc(-c2ccccc2)s1)N(C)C. The van der Waals surface area contributed by atoms with Crippen LogP contribution < -0.4 is 10.5 Å². The van der Waals surface area contributed by atoms with Gasteiger partial charge in [-0.1, -0.05) is 42.5 Å². The molecule has 1 aromatic heterocycles. The van der Waals surface area contributed by atoms with Gasteiger partial charge in [0.25, 0.3) is 0 Å². The van der Waals surface area contributed by atoms with Crippen molar-refractivity contribution in [3.8, 4) is 16.2 Å². The van der Waals surface area contributed by atoms with Crippen LogP contribution in [-0.2, 0) is 16.0 Å². The number of nitrogens with two attached hydrogens (primary N) is 1. The van der Waals surface area contributed by atoms with Crippen LogP contribution in [0, 0.1) is 0 Å². The second-order valence-corrected chi connectivity index (χ2v) is 10.0. The zero-order valence-electron chi connectivity index (χ0n) is 19.5. The van der Waals surface area contributed by atoms with Crippen LogP contribution in [0.5, 0.6) is 5.75 Å². The van der Waals surface area contributed by atoms with Gasteiger partial charge in [-0.05, 0) is 47.3 Å². The number of phenols is 1. The van der Waals surface area contributed by atoms with Crippen molar-refractivity contribution < 1.29 is 14.6 Å². The number of ether oxygens (including phenoxy) is 1. The van der Waals surface area contributed by atoms with Crippen molar-refractivity contribution in [1.82, 2.24) is 14.7 Å². The number of carbonyl (C=O) groups excluding carboxylic acids is 1. The largest absolute Gasteiger partial charge is 0.508 e. The van der Waals surface area contributed by atoms with E-state index in [-0.39, 0.29) is 11.7 Å². The summed E-state index contributed by atoms with van der Waals surface area (Å²) in [5.74, 6) is -0.197. The molecule has 1 atom stereocenters. The molecule has 34 heavy (non-hydrogen) atoms. The average Bonchev–Trinajstić information content (AvgIpc) is 3.31. The van der Waals surface area contributed by atoms with Gasteiger partial charge in [-0.25, -0.2) is 9.80 Å². The van der Waals surface area contributed by atoms with Crippen LogP contribution in [0.15, 0.2) is 82.8 Å². The van der Waals surface area contributed by atoms with Crippen molar-refractivity contribution in [3.05, 3.63) is 84.2 Å². The Hall–Kier alpha value is -2.98. The van der Waals surface area contributed by atoms with E-state index >= 15 is 0 Å². The normalized spacial score (nSPS) is 12.5. The molecule has 0 bridgehead atoms. The molecule has 0 unspecified atom stereocenters. The Labute approximate surface area is 208 Å². The average molecular weight is 499 g/mol. The van der Waals surface area contributed by atoms with Crippen LogP contribution in [0.1, 0.15) is 5.56 Å². The Morgan fingerprint density at radius 3 is 2.50 bits per heavy atom. The highest BCUT2D eigenvalue weighted by molar-refractivity contribution is 7.99. The second-order valence-electron chi connectivity index (χ2n) is 7.75. The molecule has 0 spiro atoms. The van der Waals surface area contributed by atoms with E-state index in [0.29, 0.717) is 18.7 Å². The molecule has 3 rings (SSSR count). The van der Waals surface area contributed by atoms with Gasteiger partial charge in [0.1, 0.15) is 11.8 Å². The molecule has 0 aliphatic heterocycles. The van der Waals surface area contributed by atoms with Gasteiger partial charge in [-0.3, -0.25) is 9.73 Å². The lowest BCUT2D eigenvalue weighted by molar-refractivity contribution is -0.150. The van der Waals surface area contributed by atoms with Gasteiger partial charge in [0, 0.05) is 43.8 Å². The molecule has 0 saturated heterocycles. The van der Waals surface area contributed by atoms with E-state index in [0.717, 1.165) is 9.77 Å². The van der Waals surface area contributed by atoms with Gasteiger partial charge >= 0.3 is 5.97 Å². The van der Waals surface area contributed by atoms with Gasteiger partial charge in [0.2, 0.25) is 0 Å². The summed E-state index contributed by atoms with van der Waals surface area (Å²) in [7, 11) is 5.06. The number of rotatable bonds is 11. The molecule has 4 N–H and O–H groups in total. The van der Waals surface area contributed by atoms with Crippen LogP contribution in [0.3, 0.4) is 0 Å². The van der Waals surface area contributed by atoms with Crippen molar-refractivity contribution in [3.63, 3.8) is 0 Å². The minimum absolute atomic E-state index is 0.178. The summed E-state index contributed by atoms with van der Waals surface area (Å²) in [5, 5.41) is 13.1. The molecular weight excluding hydrogens is 468 g/mol. The maximum absolute atomic E-state index is 12.6. The van der Waals surface area contributed by atoms with Crippen molar-refractivity contribution in [1.29, 1.82) is 0 Å². The number of aromatic hydroxyl groups is 1. The molecule has 3 aromatic rings. The number of thiophene rings is 1. The quantitative estimate of drug-likeness (QED) is 0.207. The molecular formula is C25H30N4O3S2. The third-order valence-electron chi connectivity index (χ3n) is 5.01. The number of esters is 1. The lowest BCUT2D eigenvalue weighted by atomic mass is 10.1. The fourth-order valence-electron chi connectivity index (χ4n) is 3.30. The molecule has 0 fully saturated rings. The topological polar surface area (TPSA) is 91.1 Å². The highest BCUT2D eigenvalue weighted by Gasteiger charge is 2.27. The number of hydrazine groups is 1. The summed E-state index contributed by atoms with van der Waals surface area (Å²) in [6.45, 7) is 0.431. The third-order valence-corrected chi connectivity index (χ3v) is 7.06. The molecule has 0 aliphatic rings. The monoisotopic (exact) mass is 498 g/mol. The molecule has 0 radical (unpaired) electrons. The van der Waals surface area contributed by atoms with Crippen LogP contribution in [0.4, 0.5) is 0 Å². The summed E-state index contributed by atoms with van der Waals surface area (Å²) < 4.78 is 9.48. The first-order chi connectivity index (χ1) is 16.4. The summed E-state index contributed by atoms with van der Waals surface area (Å²) in [6, 6.07) is 20.6. The number of carbonyl (C=O) groups is 1. The fourth-order valence-corrected chi connectivity index (χ4v) is 5.17. The van der Waals surface area contributed by atoms with Crippen LogP contribution in [0.25, 0.3) is 10.4 Å². The number of hydrogen-bond donors (Lipinski definition) is 3. The first-order valence-corrected chi connectivity index (χ1v) is 12.3. The first kappa shape index (κ1) is 25.6. The minimum atomic E-state index is -0.610. The smallest absolute Gasteiger partial charge is 0.330 e. The van der Waals surface area contributed by atoms with E-state index in [4.69, 9.17) is 10.5 Å². The lowest BCUT2D eigenvalue weighted by Gasteiger charge is -2.34. The number of nitrogens with one attached hydrogen (secondary N) is 1. The van der Waals surface area contributed by atoms with Gasteiger partial charge in [0.15, 0.2) is 0 Å². The Balaban J connectivity index is 1.64. The van der Waals surface area contributed by atoms with Crippen molar-refractivity contribution >= 4 is 29.3 Å². The predicted octanol–water partition coefficient (Wildman–Crippen LogP) is 4.08. The zero-order valence-corrected chi connectivity index (χ0v) is 21.1. The Morgan fingerprint density at radius 1 is 1.15 bits per heavy atom.